The van der Waals surface area contributed by atoms with Gasteiger partial charge in [0.2, 0.25) is 5.95 Å². The summed E-state index contributed by atoms with van der Waals surface area (Å²) in [5, 5.41) is 5.99. The number of ether oxygens (including phenoxy) is 2. The van der Waals surface area contributed by atoms with Crippen LogP contribution in [0.5, 0.6) is 11.5 Å². The van der Waals surface area contributed by atoms with E-state index in [0.29, 0.717) is 41.1 Å². The van der Waals surface area contributed by atoms with Gasteiger partial charge in [0.1, 0.15) is 17.2 Å². The molecule has 27 heavy (non-hydrogen) atoms. The number of methoxy groups -OCH3 is 2. The summed E-state index contributed by atoms with van der Waals surface area (Å²) in [7, 11) is 7.17. The first-order valence-electron chi connectivity index (χ1n) is 8.70. The number of amides is 1. The van der Waals surface area contributed by atoms with Gasteiger partial charge in [0.25, 0.3) is 5.91 Å². The number of anilines is 2. The minimum Gasteiger partial charge on any atom is -0.497 e. The summed E-state index contributed by atoms with van der Waals surface area (Å²) in [4.78, 5) is 23.1. The van der Waals surface area contributed by atoms with Crippen LogP contribution in [-0.4, -0.2) is 62.2 Å². The molecule has 0 spiro atoms. The lowest BCUT2D eigenvalue weighted by molar-refractivity contribution is 0.0947. The van der Waals surface area contributed by atoms with Gasteiger partial charge in [0.15, 0.2) is 0 Å². The first-order chi connectivity index (χ1) is 12.9. The maximum absolute atomic E-state index is 12.4. The number of aromatic nitrogens is 2. The SMILES string of the molecule is COc1ccc(OC)c(Nc2nc(C)cc(C(=O)NCCCN(C)C)n2)c1. The van der Waals surface area contributed by atoms with E-state index in [1.54, 1.807) is 38.5 Å². The van der Waals surface area contributed by atoms with E-state index in [1.165, 1.54) is 0 Å². The lowest BCUT2D eigenvalue weighted by atomic mass is 10.2. The fourth-order valence-electron chi connectivity index (χ4n) is 2.46. The zero-order valence-corrected chi connectivity index (χ0v) is 16.5. The summed E-state index contributed by atoms with van der Waals surface area (Å²) in [6, 6.07) is 7.03. The van der Waals surface area contributed by atoms with Crippen molar-refractivity contribution < 1.29 is 14.3 Å². The molecule has 0 atom stereocenters. The second-order valence-corrected chi connectivity index (χ2v) is 6.32. The summed E-state index contributed by atoms with van der Waals surface area (Å²) in [5.74, 6) is 1.39. The van der Waals surface area contributed by atoms with Crippen molar-refractivity contribution in [3.8, 4) is 11.5 Å². The molecule has 2 rings (SSSR count). The number of aryl methyl sites for hydroxylation is 1. The highest BCUT2D eigenvalue weighted by Gasteiger charge is 2.12. The molecular weight excluding hydrogens is 346 g/mol. The summed E-state index contributed by atoms with van der Waals surface area (Å²) in [6.07, 6.45) is 0.870. The van der Waals surface area contributed by atoms with Gasteiger partial charge < -0.3 is 25.0 Å². The molecule has 0 aliphatic carbocycles. The van der Waals surface area contributed by atoms with Crippen LogP contribution in [0.25, 0.3) is 0 Å². The van der Waals surface area contributed by atoms with E-state index in [1.807, 2.05) is 21.0 Å². The molecule has 0 saturated heterocycles. The van der Waals surface area contributed by atoms with E-state index in [-0.39, 0.29) is 5.91 Å². The summed E-state index contributed by atoms with van der Waals surface area (Å²) in [6.45, 7) is 3.32. The van der Waals surface area contributed by atoms with Crippen LogP contribution in [0.4, 0.5) is 11.6 Å². The monoisotopic (exact) mass is 373 g/mol. The van der Waals surface area contributed by atoms with Crippen molar-refractivity contribution >= 4 is 17.5 Å². The summed E-state index contributed by atoms with van der Waals surface area (Å²) in [5.41, 5.74) is 1.66. The van der Waals surface area contributed by atoms with E-state index in [2.05, 4.69) is 25.5 Å². The van der Waals surface area contributed by atoms with E-state index < -0.39 is 0 Å². The average molecular weight is 373 g/mol. The lowest BCUT2D eigenvalue weighted by Gasteiger charge is -2.13. The molecule has 1 heterocycles. The van der Waals surface area contributed by atoms with Crippen LogP contribution in [0, 0.1) is 6.92 Å². The Morgan fingerprint density at radius 3 is 2.59 bits per heavy atom. The van der Waals surface area contributed by atoms with Crippen molar-refractivity contribution in [1.29, 1.82) is 0 Å². The van der Waals surface area contributed by atoms with Gasteiger partial charge in [-0.3, -0.25) is 4.79 Å². The molecule has 0 unspecified atom stereocenters. The summed E-state index contributed by atoms with van der Waals surface area (Å²) >= 11 is 0. The van der Waals surface area contributed by atoms with Crippen LogP contribution in [0.1, 0.15) is 22.6 Å². The molecule has 0 bridgehead atoms. The van der Waals surface area contributed by atoms with Gasteiger partial charge in [0, 0.05) is 18.3 Å². The van der Waals surface area contributed by atoms with E-state index >= 15 is 0 Å². The highest BCUT2D eigenvalue weighted by Crippen LogP contribution is 2.30. The topological polar surface area (TPSA) is 88.6 Å². The molecule has 8 heteroatoms. The molecule has 1 aromatic heterocycles. The van der Waals surface area contributed by atoms with Gasteiger partial charge in [-0.05, 0) is 52.2 Å². The Hall–Kier alpha value is -2.87. The lowest BCUT2D eigenvalue weighted by Crippen LogP contribution is -2.28. The minimum absolute atomic E-state index is 0.222. The number of carbonyl (C=O) groups excluding carboxylic acids is 1. The van der Waals surface area contributed by atoms with Gasteiger partial charge >= 0.3 is 0 Å². The molecule has 0 aliphatic rings. The van der Waals surface area contributed by atoms with Gasteiger partial charge in [-0.2, -0.15) is 0 Å². The molecule has 8 nitrogen and oxygen atoms in total. The van der Waals surface area contributed by atoms with Crippen molar-refractivity contribution in [3.05, 3.63) is 35.7 Å². The van der Waals surface area contributed by atoms with Crippen molar-refractivity contribution in [2.24, 2.45) is 0 Å². The largest absolute Gasteiger partial charge is 0.497 e. The average Bonchev–Trinajstić information content (AvgIpc) is 2.64. The molecule has 0 aliphatic heterocycles. The Bertz CT molecular complexity index is 780. The third-order valence-corrected chi connectivity index (χ3v) is 3.81. The molecule has 1 amide bonds. The molecule has 1 aromatic carbocycles. The standard InChI is InChI=1S/C19H27N5O3/c1-13-11-16(18(25)20-9-6-10-24(2)3)23-19(21-13)22-15-12-14(26-4)7-8-17(15)27-5/h7-8,11-12H,6,9-10H2,1-5H3,(H,20,25)(H,21,22,23). The second-order valence-electron chi connectivity index (χ2n) is 6.32. The first kappa shape index (κ1) is 20.4. The Morgan fingerprint density at radius 1 is 1.15 bits per heavy atom. The van der Waals surface area contributed by atoms with Crippen molar-refractivity contribution in [2.45, 2.75) is 13.3 Å². The fourth-order valence-corrected chi connectivity index (χ4v) is 2.46. The number of rotatable bonds is 9. The number of hydrogen-bond donors (Lipinski definition) is 2. The van der Waals surface area contributed by atoms with Crippen LogP contribution in [-0.2, 0) is 0 Å². The Labute approximate surface area is 159 Å². The van der Waals surface area contributed by atoms with Crippen LogP contribution in [0.2, 0.25) is 0 Å². The number of hydrogen-bond acceptors (Lipinski definition) is 7. The Balaban J connectivity index is 2.14. The quantitative estimate of drug-likeness (QED) is 0.652. The molecule has 0 saturated carbocycles. The smallest absolute Gasteiger partial charge is 0.270 e. The van der Waals surface area contributed by atoms with Crippen molar-refractivity contribution in [2.75, 3.05) is 46.7 Å². The minimum atomic E-state index is -0.222. The van der Waals surface area contributed by atoms with Crippen molar-refractivity contribution in [1.82, 2.24) is 20.2 Å². The molecule has 0 fully saturated rings. The number of carbonyl (C=O) groups is 1. The van der Waals surface area contributed by atoms with Crippen LogP contribution in [0.3, 0.4) is 0 Å². The highest BCUT2D eigenvalue weighted by molar-refractivity contribution is 5.92. The van der Waals surface area contributed by atoms with Crippen LogP contribution < -0.4 is 20.1 Å². The Morgan fingerprint density at radius 2 is 1.93 bits per heavy atom. The fraction of sp³-hybridized carbons (Fsp3) is 0.421. The van der Waals surface area contributed by atoms with E-state index in [0.717, 1.165) is 13.0 Å². The Kier molecular flexibility index (Phi) is 7.36. The van der Waals surface area contributed by atoms with Crippen LogP contribution >= 0.6 is 0 Å². The zero-order chi connectivity index (χ0) is 19.8. The maximum atomic E-state index is 12.4. The predicted molar refractivity (Wildman–Crippen MR) is 105 cm³/mol. The third kappa shape index (κ3) is 6.10. The zero-order valence-electron chi connectivity index (χ0n) is 16.5. The molecule has 2 N–H and O–H groups in total. The normalized spacial score (nSPS) is 10.6. The number of nitrogens with one attached hydrogen (secondary N) is 2. The van der Waals surface area contributed by atoms with E-state index in [4.69, 9.17) is 9.47 Å². The van der Waals surface area contributed by atoms with Crippen LogP contribution in [0.15, 0.2) is 24.3 Å². The molecule has 146 valence electrons. The number of nitrogens with zero attached hydrogens (tertiary/aromatic N) is 3. The number of benzene rings is 1. The summed E-state index contributed by atoms with van der Waals surface area (Å²) < 4.78 is 10.6. The predicted octanol–water partition coefficient (Wildman–Crippen LogP) is 2.23. The highest BCUT2D eigenvalue weighted by atomic mass is 16.5. The first-order valence-corrected chi connectivity index (χ1v) is 8.70. The molecule has 0 radical (unpaired) electrons. The van der Waals surface area contributed by atoms with Crippen molar-refractivity contribution in [3.63, 3.8) is 0 Å². The molecular formula is C19H27N5O3. The van der Waals surface area contributed by atoms with Gasteiger partial charge in [-0.15, -0.1) is 0 Å². The van der Waals surface area contributed by atoms with E-state index in [9.17, 15) is 4.79 Å². The van der Waals surface area contributed by atoms with Gasteiger partial charge in [-0.25, -0.2) is 9.97 Å². The van der Waals surface area contributed by atoms with Gasteiger partial charge in [-0.1, -0.05) is 0 Å². The maximum Gasteiger partial charge on any atom is 0.270 e. The van der Waals surface area contributed by atoms with Gasteiger partial charge in [0.05, 0.1) is 19.9 Å². The second kappa shape index (κ2) is 9.72. The molecule has 2 aromatic rings. The third-order valence-electron chi connectivity index (χ3n) is 3.81.